The number of hydrogen-bond acceptors (Lipinski definition) is 5. The number of hydrogen-bond donors (Lipinski definition) is 2. The molecule has 2 heterocycles. The molecule has 1 aromatic carbocycles. The first-order valence-electron chi connectivity index (χ1n) is 10.8. The van der Waals surface area contributed by atoms with E-state index in [9.17, 15) is 9.65 Å². The smallest absolute Gasteiger partial charge is 0.128 e. The van der Waals surface area contributed by atoms with Crippen LogP contribution >= 0.6 is 11.6 Å². The standard InChI is InChI=1S/C25H25ClFN5/c26-23-15-30-21(9-16-4-6-20(29)7-5-16)12-22(23)24-10-18(13-28)11-25(32-24)31-14-17-2-1-3-19(27)8-17/h1-3,8,10-12,15-16,20H,4-7,9,14,29H2,(H,31,32). The van der Waals surface area contributed by atoms with E-state index in [2.05, 4.69) is 21.4 Å². The predicted octanol–water partition coefficient (Wildman–Crippen LogP) is 5.48. The van der Waals surface area contributed by atoms with E-state index < -0.39 is 0 Å². The van der Waals surface area contributed by atoms with Crippen LogP contribution < -0.4 is 11.1 Å². The Kier molecular flexibility index (Phi) is 6.99. The lowest BCUT2D eigenvalue weighted by Gasteiger charge is -2.25. The molecule has 0 spiro atoms. The summed E-state index contributed by atoms with van der Waals surface area (Å²) < 4.78 is 13.5. The monoisotopic (exact) mass is 449 g/mol. The molecule has 32 heavy (non-hydrogen) atoms. The molecule has 0 saturated heterocycles. The SMILES string of the molecule is N#Cc1cc(NCc2cccc(F)c2)nc(-c2cc(CC3CCC(N)CC3)ncc2Cl)c1. The van der Waals surface area contributed by atoms with Gasteiger partial charge in [0.2, 0.25) is 0 Å². The number of aromatic nitrogens is 2. The second kappa shape index (κ2) is 10.1. The Hall–Kier alpha value is -3.01. The van der Waals surface area contributed by atoms with Gasteiger partial charge in [-0.3, -0.25) is 4.98 Å². The van der Waals surface area contributed by atoms with Crippen LogP contribution in [0.3, 0.4) is 0 Å². The number of pyridine rings is 2. The summed E-state index contributed by atoms with van der Waals surface area (Å²) in [6, 6.07) is 14.2. The fourth-order valence-corrected chi connectivity index (χ4v) is 4.34. The van der Waals surface area contributed by atoms with Crippen molar-refractivity contribution in [3.8, 4) is 17.3 Å². The van der Waals surface area contributed by atoms with Gasteiger partial charge in [0.25, 0.3) is 0 Å². The van der Waals surface area contributed by atoms with Crippen LogP contribution in [0.2, 0.25) is 5.02 Å². The molecule has 0 unspecified atom stereocenters. The fraction of sp³-hybridized carbons (Fsp3) is 0.320. The number of nitrogens with one attached hydrogen (secondary N) is 1. The predicted molar refractivity (Wildman–Crippen MR) is 125 cm³/mol. The Balaban J connectivity index is 1.56. The average molecular weight is 450 g/mol. The van der Waals surface area contributed by atoms with Gasteiger partial charge < -0.3 is 11.1 Å². The molecule has 3 aromatic rings. The Morgan fingerprint density at radius 1 is 1.16 bits per heavy atom. The topological polar surface area (TPSA) is 87.6 Å². The zero-order valence-electron chi connectivity index (χ0n) is 17.7. The first-order chi connectivity index (χ1) is 15.5. The molecule has 4 rings (SSSR count). The van der Waals surface area contributed by atoms with Crippen LogP contribution in [0.25, 0.3) is 11.3 Å². The van der Waals surface area contributed by atoms with Gasteiger partial charge in [0, 0.05) is 30.0 Å². The van der Waals surface area contributed by atoms with E-state index in [1.165, 1.54) is 12.1 Å². The minimum absolute atomic E-state index is 0.292. The van der Waals surface area contributed by atoms with Crippen LogP contribution in [0.15, 0.2) is 48.7 Å². The van der Waals surface area contributed by atoms with Gasteiger partial charge in [0.1, 0.15) is 11.6 Å². The molecule has 5 nitrogen and oxygen atoms in total. The van der Waals surface area contributed by atoms with Crippen molar-refractivity contribution in [2.75, 3.05) is 5.32 Å². The highest BCUT2D eigenvalue weighted by atomic mass is 35.5. The number of anilines is 1. The maximum Gasteiger partial charge on any atom is 0.128 e. The number of nitrogens with zero attached hydrogens (tertiary/aromatic N) is 3. The molecule has 0 amide bonds. The first kappa shape index (κ1) is 22.2. The van der Waals surface area contributed by atoms with Crippen molar-refractivity contribution in [3.05, 3.63) is 76.3 Å². The molecule has 2 aromatic heterocycles. The third-order valence-corrected chi connectivity index (χ3v) is 6.20. The summed E-state index contributed by atoms with van der Waals surface area (Å²) in [5.74, 6) is 0.803. The molecular weight excluding hydrogens is 425 g/mol. The van der Waals surface area contributed by atoms with Crippen molar-refractivity contribution in [1.29, 1.82) is 5.26 Å². The van der Waals surface area contributed by atoms with Gasteiger partial charge in [-0.25, -0.2) is 9.37 Å². The van der Waals surface area contributed by atoms with Crippen molar-refractivity contribution < 1.29 is 4.39 Å². The zero-order chi connectivity index (χ0) is 22.5. The Morgan fingerprint density at radius 2 is 1.97 bits per heavy atom. The second-order valence-corrected chi connectivity index (χ2v) is 8.77. The van der Waals surface area contributed by atoms with Crippen LogP contribution in [-0.2, 0) is 13.0 Å². The summed E-state index contributed by atoms with van der Waals surface area (Å²) in [7, 11) is 0. The Bertz CT molecular complexity index is 1140. The quantitative estimate of drug-likeness (QED) is 0.520. The molecule has 0 bridgehead atoms. The van der Waals surface area contributed by atoms with Crippen molar-refractivity contribution in [2.24, 2.45) is 11.7 Å². The highest BCUT2D eigenvalue weighted by Gasteiger charge is 2.20. The summed E-state index contributed by atoms with van der Waals surface area (Å²) in [6.45, 7) is 0.387. The summed E-state index contributed by atoms with van der Waals surface area (Å²) >= 11 is 6.47. The molecular formula is C25H25ClFN5. The lowest BCUT2D eigenvalue weighted by Crippen LogP contribution is -2.27. The van der Waals surface area contributed by atoms with Gasteiger partial charge in [-0.2, -0.15) is 5.26 Å². The summed E-state index contributed by atoms with van der Waals surface area (Å²) in [6.07, 6.45) is 6.85. The minimum atomic E-state index is -0.292. The number of benzene rings is 1. The molecule has 3 N–H and O–H groups in total. The molecule has 1 saturated carbocycles. The van der Waals surface area contributed by atoms with Gasteiger partial charge in [-0.1, -0.05) is 23.7 Å². The van der Waals surface area contributed by atoms with E-state index in [1.54, 1.807) is 24.4 Å². The fourth-order valence-electron chi connectivity index (χ4n) is 4.14. The molecule has 0 radical (unpaired) electrons. The zero-order valence-corrected chi connectivity index (χ0v) is 18.4. The molecule has 1 aliphatic carbocycles. The van der Waals surface area contributed by atoms with Gasteiger partial charge >= 0.3 is 0 Å². The van der Waals surface area contributed by atoms with Crippen molar-refractivity contribution >= 4 is 17.4 Å². The Morgan fingerprint density at radius 3 is 2.72 bits per heavy atom. The van der Waals surface area contributed by atoms with Gasteiger partial charge in [0.15, 0.2) is 0 Å². The number of halogens is 2. The maximum atomic E-state index is 13.5. The molecule has 164 valence electrons. The van der Waals surface area contributed by atoms with Gasteiger partial charge in [-0.05, 0) is 73.9 Å². The number of nitrogens with two attached hydrogens (primary N) is 1. The van der Waals surface area contributed by atoms with Crippen LogP contribution in [-0.4, -0.2) is 16.0 Å². The van der Waals surface area contributed by atoms with Gasteiger partial charge in [0.05, 0.1) is 22.3 Å². The second-order valence-electron chi connectivity index (χ2n) is 8.36. The van der Waals surface area contributed by atoms with E-state index in [0.717, 1.165) is 48.9 Å². The van der Waals surface area contributed by atoms with E-state index in [1.807, 2.05) is 12.1 Å². The lowest BCUT2D eigenvalue weighted by molar-refractivity contribution is 0.323. The van der Waals surface area contributed by atoms with Crippen molar-refractivity contribution in [1.82, 2.24) is 9.97 Å². The third-order valence-electron chi connectivity index (χ3n) is 5.89. The van der Waals surface area contributed by atoms with Gasteiger partial charge in [-0.15, -0.1) is 0 Å². The third kappa shape index (κ3) is 5.61. The minimum Gasteiger partial charge on any atom is -0.366 e. The van der Waals surface area contributed by atoms with Crippen LogP contribution in [0.5, 0.6) is 0 Å². The molecule has 7 heteroatoms. The van der Waals surface area contributed by atoms with E-state index in [4.69, 9.17) is 17.3 Å². The van der Waals surface area contributed by atoms with E-state index >= 15 is 0 Å². The number of rotatable bonds is 6. The lowest BCUT2D eigenvalue weighted by atomic mass is 9.83. The first-order valence-corrected chi connectivity index (χ1v) is 11.2. The molecule has 1 aliphatic rings. The van der Waals surface area contributed by atoms with Crippen molar-refractivity contribution in [3.63, 3.8) is 0 Å². The van der Waals surface area contributed by atoms with Crippen LogP contribution in [0.1, 0.15) is 42.5 Å². The van der Waals surface area contributed by atoms with E-state index in [0.29, 0.717) is 40.6 Å². The normalized spacial score (nSPS) is 18.2. The van der Waals surface area contributed by atoms with Crippen LogP contribution in [0.4, 0.5) is 10.2 Å². The van der Waals surface area contributed by atoms with E-state index in [-0.39, 0.29) is 5.82 Å². The van der Waals surface area contributed by atoms with Crippen LogP contribution in [0, 0.1) is 23.1 Å². The molecule has 0 atom stereocenters. The highest BCUT2D eigenvalue weighted by Crippen LogP contribution is 2.31. The summed E-state index contributed by atoms with van der Waals surface area (Å²) in [4.78, 5) is 9.18. The molecule has 0 aliphatic heterocycles. The highest BCUT2D eigenvalue weighted by molar-refractivity contribution is 6.33. The summed E-state index contributed by atoms with van der Waals surface area (Å²) in [5, 5.41) is 13.2. The maximum absolute atomic E-state index is 13.5. The largest absolute Gasteiger partial charge is 0.366 e. The molecule has 1 fully saturated rings. The summed E-state index contributed by atoms with van der Waals surface area (Å²) in [5.41, 5.74) is 9.59. The average Bonchev–Trinajstić information content (AvgIpc) is 2.80. The van der Waals surface area contributed by atoms with Crippen molar-refractivity contribution in [2.45, 2.75) is 44.7 Å². The number of nitriles is 1. The Labute approximate surface area is 192 Å².